The van der Waals surface area contributed by atoms with Crippen LogP contribution in [-0.2, 0) is 14.3 Å². The second kappa shape index (κ2) is 7.77. The molecule has 0 aliphatic rings. The van der Waals surface area contributed by atoms with Crippen LogP contribution in [-0.4, -0.2) is 21.6 Å². The molecule has 0 aliphatic carbocycles. The summed E-state index contributed by atoms with van der Waals surface area (Å²) >= 11 is 0. The number of anilines is 1. The normalized spacial score (nSPS) is 11.0. The first-order valence-electron chi connectivity index (χ1n) is 7.21. The van der Waals surface area contributed by atoms with Gasteiger partial charge in [-0.3, -0.25) is 4.18 Å². The summed E-state index contributed by atoms with van der Waals surface area (Å²) in [7, 11) is -3.69. The van der Waals surface area contributed by atoms with Gasteiger partial charge in [0, 0.05) is 12.2 Å². The van der Waals surface area contributed by atoms with Crippen LogP contribution in [0.1, 0.15) is 17.5 Å². The van der Waals surface area contributed by atoms with Crippen LogP contribution in [0.2, 0.25) is 0 Å². The van der Waals surface area contributed by atoms with Crippen LogP contribution in [0.4, 0.5) is 5.69 Å². The van der Waals surface area contributed by atoms with Crippen LogP contribution < -0.4 is 5.32 Å². The lowest BCUT2D eigenvalue weighted by atomic mass is 10.2. The molecule has 5 nitrogen and oxygen atoms in total. The van der Waals surface area contributed by atoms with Crippen molar-refractivity contribution in [2.24, 2.45) is 0 Å². The van der Waals surface area contributed by atoms with Crippen molar-refractivity contribution in [1.29, 1.82) is 5.26 Å². The van der Waals surface area contributed by atoms with Gasteiger partial charge >= 0.3 is 0 Å². The maximum absolute atomic E-state index is 12.0. The minimum Gasteiger partial charge on any atom is -0.385 e. The molecule has 0 amide bonds. The Morgan fingerprint density at radius 2 is 1.74 bits per heavy atom. The van der Waals surface area contributed by atoms with Gasteiger partial charge in [-0.1, -0.05) is 17.7 Å². The van der Waals surface area contributed by atoms with Crippen LogP contribution in [0.15, 0.2) is 53.4 Å². The van der Waals surface area contributed by atoms with E-state index in [1.54, 1.807) is 36.4 Å². The molecule has 23 heavy (non-hydrogen) atoms. The Labute approximate surface area is 136 Å². The molecule has 0 aliphatic heterocycles. The lowest BCUT2D eigenvalue weighted by Gasteiger charge is -2.08. The number of hydrogen-bond donors (Lipinski definition) is 1. The molecule has 0 atom stereocenters. The summed E-state index contributed by atoms with van der Waals surface area (Å²) in [6.07, 6.45) is 0.547. The molecule has 0 bridgehead atoms. The predicted molar refractivity (Wildman–Crippen MR) is 88.6 cm³/mol. The highest BCUT2D eigenvalue weighted by Gasteiger charge is 2.14. The van der Waals surface area contributed by atoms with Crippen molar-refractivity contribution in [2.45, 2.75) is 18.2 Å². The maximum Gasteiger partial charge on any atom is 0.296 e. The number of nitriles is 1. The van der Waals surface area contributed by atoms with Gasteiger partial charge in [-0.15, -0.1) is 0 Å². The molecule has 0 fully saturated rings. The second-order valence-electron chi connectivity index (χ2n) is 5.06. The molecule has 0 saturated carbocycles. The fraction of sp³-hybridized carbons (Fsp3) is 0.235. The molecule has 120 valence electrons. The van der Waals surface area contributed by atoms with Crippen molar-refractivity contribution in [3.8, 4) is 6.07 Å². The van der Waals surface area contributed by atoms with E-state index in [2.05, 4.69) is 11.4 Å². The van der Waals surface area contributed by atoms with E-state index in [1.807, 2.05) is 19.1 Å². The van der Waals surface area contributed by atoms with Crippen molar-refractivity contribution in [3.05, 3.63) is 59.7 Å². The summed E-state index contributed by atoms with van der Waals surface area (Å²) in [6.45, 7) is 2.58. The quantitative estimate of drug-likeness (QED) is 0.623. The fourth-order valence-electron chi connectivity index (χ4n) is 1.91. The smallest absolute Gasteiger partial charge is 0.296 e. The first kappa shape index (κ1) is 17.0. The summed E-state index contributed by atoms with van der Waals surface area (Å²) in [6, 6.07) is 15.7. The molecule has 2 rings (SSSR count). The zero-order valence-electron chi connectivity index (χ0n) is 12.8. The molecular formula is C17H18N2O3S. The third-order valence-electron chi connectivity index (χ3n) is 3.21. The first-order valence-corrected chi connectivity index (χ1v) is 8.62. The maximum atomic E-state index is 12.0. The summed E-state index contributed by atoms with van der Waals surface area (Å²) in [4.78, 5) is 0.170. The molecule has 1 N–H and O–H groups in total. The van der Waals surface area contributed by atoms with Crippen molar-refractivity contribution in [1.82, 2.24) is 0 Å². The van der Waals surface area contributed by atoms with E-state index in [-0.39, 0.29) is 11.5 Å². The lowest BCUT2D eigenvalue weighted by molar-refractivity contribution is 0.316. The molecule has 0 unspecified atom stereocenters. The average molecular weight is 330 g/mol. The van der Waals surface area contributed by atoms with E-state index in [0.717, 1.165) is 11.3 Å². The van der Waals surface area contributed by atoms with Crippen molar-refractivity contribution in [3.63, 3.8) is 0 Å². The predicted octanol–water partition coefficient (Wildman–Crippen LogP) is 3.07. The van der Waals surface area contributed by atoms with Crippen LogP contribution in [0.3, 0.4) is 0 Å². The van der Waals surface area contributed by atoms with Gasteiger partial charge < -0.3 is 5.32 Å². The van der Waals surface area contributed by atoms with Gasteiger partial charge in [0.2, 0.25) is 0 Å². The Morgan fingerprint density at radius 3 is 2.35 bits per heavy atom. The molecule has 0 radical (unpaired) electrons. The molecule has 2 aromatic rings. The number of hydrogen-bond acceptors (Lipinski definition) is 5. The van der Waals surface area contributed by atoms with Gasteiger partial charge in [-0.05, 0) is 49.7 Å². The van der Waals surface area contributed by atoms with Crippen LogP contribution in [0.5, 0.6) is 0 Å². The van der Waals surface area contributed by atoms with Crippen molar-refractivity contribution in [2.75, 3.05) is 18.5 Å². The van der Waals surface area contributed by atoms with E-state index >= 15 is 0 Å². The molecule has 0 heterocycles. The van der Waals surface area contributed by atoms with Gasteiger partial charge in [-0.25, -0.2) is 0 Å². The Morgan fingerprint density at radius 1 is 1.09 bits per heavy atom. The Balaban J connectivity index is 1.76. The minimum atomic E-state index is -3.69. The number of rotatable bonds is 7. The van der Waals surface area contributed by atoms with Gasteiger partial charge in [0.1, 0.15) is 0 Å². The zero-order chi connectivity index (χ0) is 16.7. The largest absolute Gasteiger partial charge is 0.385 e. The van der Waals surface area contributed by atoms with E-state index < -0.39 is 10.1 Å². The highest BCUT2D eigenvalue weighted by molar-refractivity contribution is 7.86. The molecule has 6 heteroatoms. The Hall–Kier alpha value is -2.36. The summed E-state index contributed by atoms with van der Waals surface area (Å²) < 4.78 is 29.0. The summed E-state index contributed by atoms with van der Waals surface area (Å²) in [5.41, 5.74) is 2.48. The third-order valence-corrected chi connectivity index (χ3v) is 4.54. The van der Waals surface area contributed by atoms with E-state index in [9.17, 15) is 8.42 Å². The van der Waals surface area contributed by atoms with Crippen LogP contribution in [0.25, 0.3) is 0 Å². The molecule has 0 spiro atoms. The van der Waals surface area contributed by atoms with E-state index in [4.69, 9.17) is 9.44 Å². The average Bonchev–Trinajstić information content (AvgIpc) is 2.55. The van der Waals surface area contributed by atoms with Gasteiger partial charge in [-0.2, -0.15) is 13.7 Å². The molecule has 0 aromatic heterocycles. The highest BCUT2D eigenvalue weighted by Crippen LogP contribution is 2.13. The molecule has 2 aromatic carbocycles. The van der Waals surface area contributed by atoms with E-state index in [1.165, 1.54) is 0 Å². The number of nitrogens with one attached hydrogen (secondary N) is 1. The minimum absolute atomic E-state index is 0.111. The number of nitrogens with zero attached hydrogens (tertiary/aromatic N) is 1. The number of benzene rings is 2. The van der Waals surface area contributed by atoms with Gasteiger partial charge in [0.05, 0.1) is 23.1 Å². The van der Waals surface area contributed by atoms with Crippen LogP contribution >= 0.6 is 0 Å². The summed E-state index contributed by atoms with van der Waals surface area (Å²) in [5.74, 6) is 0. The van der Waals surface area contributed by atoms with Gasteiger partial charge in [0.25, 0.3) is 10.1 Å². The van der Waals surface area contributed by atoms with E-state index in [0.29, 0.717) is 18.5 Å². The lowest BCUT2D eigenvalue weighted by Crippen LogP contribution is -2.11. The van der Waals surface area contributed by atoms with Crippen molar-refractivity contribution < 1.29 is 12.6 Å². The van der Waals surface area contributed by atoms with Crippen molar-refractivity contribution >= 4 is 15.8 Å². The molecular weight excluding hydrogens is 312 g/mol. The summed E-state index contributed by atoms with van der Waals surface area (Å²) in [5, 5.41) is 11.9. The van der Waals surface area contributed by atoms with Crippen LogP contribution in [0, 0.1) is 18.3 Å². The SMILES string of the molecule is Cc1ccc(S(=O)(=O)OCCCNc2ccc(C#N)cc2)cc1. The Bertz CT molecular complexity index is 776. The number of aryl methyl sites for hydroxylation is 1. The fourth-order valence-corrected chi connectivity index (χ4v) is 2.85. The third kappa shape index (κ3) is 5.09. The highest BCUT2D eigenvalue weighted by atomic mass is 32.2. The first-order chi connectivity index (χ1) is 11.0. The monoisotopic (exact) mass is 330 g/mol. The molecule has 0 saturated heterocycles. The Kier molecular flexibility index (Phi) is 5.74. The van der Waals surface area contributed by atoms with Gasteiger partial charge in [0.15, 0.2) is 0 Å². The standard InChI is InChI=1S/C17H18N2O3S/c1-14-3-9-17(10-4-14)23(20,21)22-12-2-11-19-16-7-5-15(13-18)6-8-16/h3-10,19H,2,11-12H2,1H3. The topological polar surface area (TPSA) is 79.2 Å². The zero-order valence-corrected chi connectivity index (χ0v) is 13.6. The second-order valence-corrected chi connectivity index (χ2v) is 6.67.